The van der Waals surface area contributed by atoms with Crippen LogP contribution in [0.15, 0.2) is 24.3 Å². The maximum atomic E-state index is 9.88. The molecule has 1 aromatic carbocycles. The van der Waals surface area contributed by atoms with Crippen molar-refractivity contribution in [1.29, 1.82) is 0 Å². The Morgan fingerprint density at radius 2 is 2.00 bits per heavy atom. The van der Waals surface area contributed by atoms with Gasteiger partial charge in [0.25, 0.3) is 0 Å². The topological polar surface area (TPSA) is 20.2 Å². The summed E-state index contributed by atoms with van der Waals surface area (Å²) < 4.78 is 0. The Balaban J connectivity index is 2.40. The molecule has 0 radical (unpaired) electrons. The zero-order valence-corrected chi connectivity index (χ0v) is 8.20. The minimum absolute atomic E-state index is 0.169. The Hall–Kier alpha value is -0.820. The largest absolute Gasteiger partial charge is 0.392 e. The van der Waals surface area contributed by atoms with Crippen LogP contribution in [0.1, 0.15) is 30.9 Å². The molecule has 0 bridgehead atoms. The lowest BCUT2D eigenvalue weighted by atomic mass is 9.89. The summed E-state index contributed by atoms with van der Waals surface area (Å²) in [5.41, 5.74) is 2.68. The van der Waals surface area contributed by atoms with Crippen molar-refractivity contribution in [3.63, 3.8) is 0 Å². The normalized spacial score (nSPS) is 26.5. The molecule has 1 heteroatoms. The fourth-order valence-corrected chi connectivity index (χ4v) is 2.41. The van der Waals surface area contributed by atoms with Gasteiger partial charge in [0.1, 0.15) is 0 Å². The highest BCUT2D eigenvalue weighted by Crippen LogP contribution is 2.37. The summed E-state index contributed by atoms with van der Waals surface area (Å²) in [6, 6.07) is 8.39. The first-order valence-electron chi connectivity index (χ1n) is 4.96. The van der Waals surface area contributed by atoms with Gasteiger partial charge in [-0.1, -0.05) is 38.1 Å². The second kappa shape index (κ2) is 3.15. The molecule has 0 spiro atoms. The average molecular weight is 176 g/mol. The van der Waals surface area contributed by atoms with E-state index in [-0.39, 0.29) is 6.10 Å². The van der Waals surface area contributed by atoms with Crippen LogP contribution < -0.4 is 0 Å². The molecule has 1 N–H and O–H groups in total. The SMILES string of the molecule is CC(C)[C@@H]1c2ccccc2CC1O. The summed E-state index contributed by atoms with van der Waals surface area (Å²) in [7, 11) is 0. The average Bonchev–Trinajstić information content (AvgIpc) is 2.39. The van der Waals surface area contributed by atoms with Crippen molar-refractivity contribution in [3.05, 3.63) is 35.4 Å². The van der Waals surface area contributed by atoms with E-state index in [9.17, 15) is 5.11 Å². The first-order valence-corrected chi connectivity index (χ1v) is 4.96. The lowest BCUT2D eigenvalue weighted by molar-refractivity contribution is 0.136. The third-order valence-corrected chi connectivity index (χ3v) is 2.98. The number of fused-ring (bicyclic) bond motifs is 1. The van der Waals surface area contributed by atoms with E-state index >= 15 is 0 Å². The quantitative estimate of drug-likeness (QED) is 0.696. The molecule has 0 heterocycles. The molecule has 1 aliphatic rings. The fraction of sp³-hybridized carbons (Fsp3) is 0.500. The number of hydrogen-bond donors (Lipinski definition) is 1. The van der Waals surface area contributed by atoms with Gasteiger partial charge in [0.2, 0.25) is 0 Å². The minimum atomic E-state index is -0.169. The highest BCUT2D eigenvalue weighted by atomic mass is 16.3. The molecule has 0 aliphatic heterocycles. The van der Waals surface area contributed by atoms with Gasteiger partial charge in [-0.25, -0.2) is 0 Å². The van der Waals surface area contributed by atoms with Gasteiger partial charge in [0, 0.05) is 5.92 Å². The second-order valence-corrected chi connectivity index (χ2v) is 4.24. The first kappa shape index (κ1) is 8.76. The van der Waals surface area contributed by atoms with Crippen molar-refractivity contribution in [3.8, 4) is 0 Å². The van der Waals surface area contributed by atoms with Gasteiger partial charge < -0.3 is 5.11 Å². The molecule has 70 valence electrons. The predicted molar refractivity (Wildman–Crippen MR) is 53.7 cm³/mol. The van der Waals surface area contributed by atoms with Crippen molar-refractivity contribution in [2.24, 2.45) is 5.92 Å². The van der Waals surface area contributed by atoms with Crippen molar-refractivity contribution in [2.45, 2.75) is 32.3 Å². The van der Waals surface area contributed by atoms with Crippen LogP contribution in [0.25, 0.3) is 0 Å². The number of aliphatic hydroxyl groups excluding tert-OH is 1. The van der Waals surface area contributed by atoms with Gasteiger partial charge >= 0.3 is 0 Å². The van der Waals surface area contributed by atoms with Gasteiger partial charge in [-0.3, -0.25) is 0 Å². The van der Waals surface area contributed by atoms with Crippen LogP contribution in [-0.4, -0.2) is 11.2 Å². The van der Waals surface area contributed by atoms with E-state index in [1.165, 1.54) is 11.1 Å². The van der Waals surface area contributed by atoms with Crippen LogP contribution in [0.4, 0.5) is 0 Å². The highest BCUT2D eigenvalue weighted by molar-refractivity contribution is 5.37. The Kier molecular flexibility index (Phi) is 2.12. The third-order valence-electron chi connectivity index (χ3n) is 2.98. The monoisotopic (exact) mass is 176 g/mol. The van der Waals surface area contributed by atoms with E-state index in [1.807, 2.05) is 6.07 Å². The Labute approximate surface area is 79.4 Å². The van der Waals surface area contributed by atoms with Crippen LogP contribution in [0.2, 0.25) is 0 Å². The second-order valence-electron chi connectivity index (χ2n) is 4.24. The molecule has 2 atom stereocenters. The highest BCUT2D eigenvalue weighted by Gasteiger charge is 2.32. The standard InChI is InChI=1S/C12H16O/c1-8(2)12-10-6-4-3-5-9(10)7-11(12)13/h3-6,8,11-13H,7H2,1-2H3/t11?,12-/m1/s1. The van der Waals surface area contributed by atoms with Crippen LogP contribution in [0, 0.1) is 5.92 Å². The Bertz CT molecular complexity index is 304. The number of aliphatic hydroxyl groups is 1. The molecular formula is C12H16O. The van der Waals surface area contributed by atoms with E-state index in [2.05, 4.69) is 32.0 Å². The van der Waals surface area contributed by atoms with Crippen LogP contribution in [-0.2, 0) is 6.42 Å². The molecular weight excluding hydrogens is 160 g/mol. The van der Waals surface area contributed by atoms with Crippen LogP contribution in [0.5, 0.6) is 0 Å². The summed E-state index contributed by atoms with van der Waals surface area (Å²) in [4.78, 5) is 0. The van der Waals surface area contributed by atoms with E-state index in [4.69, 9.17) is 0 Å². The molecule has 13 heavy (non-hydrogen) atoms. The van der Waals surface area contributed by atoms with Crippen molar-refractivity contribution < 1.29 is 5.11 Å². The summed E-state index contributed by atoms with van der Waals surface area (Å²) in [6.07, 6.45) is 0.663. The minimum Gasteiger partial charge on any atom is -0.392 e. The Morgan fingerprint density at radius 1 is 1.31 bits per heavy atom. The fourth-order valence-electron chi connectivity index (χ4n) is 2.41. The van der Waals surface area contributed by atoms with Gasteiger partial charge in [-0.15, -0.1) is 0 Å². The third kappa shape index (κ3) is 1.37. The van der Waals surface area contributed by atoms with Crippen molar-refractivity contribution >= 4 is 0 Å². The lowest BCUT2D eigenvalue weighted by Crippen LogP contribution is -2.18. The molecule has 1 aromatic rings. The number of hydrogen-bond acceptors (Lipinski definition) is 1. The Morgan fingerprint density at radius 3 is 2.69 bits per heavy atom. The van der Waals surface area contributed by atoms with Gasteiger partial charge in [-0.05, 0) is 23.5 Å². The van der Waals surface area contributed by atoms with Gasteiger partial charge in [0.05, 0.1) is 6.10 Å². The van der Waals surface area contributed by atoms with E-state index in [1.54, 1.807) is 0 Å². The predicted octanol–water partition coefficient (Wildman–Crippen LogP) is 2.34. The number of benzene rings is 1. The molecule has 0 saturated heterocycles. The summed E-state index contributed by atoms with van der Waals surface area (Å²) in [6.45, 7) is 4.35. The van der Waals surface area contributed by atoms with E-state index in [0.29, 0.717) is 11.8 Å². The molecule has 1 nitrogen and oxygen atoms in total. The summed E-state index contributed by atoms with van der Waals surface area (Å²) in [5.74, 6) is 0.870. The molecule has 1 unspecified atom stereocenters. The molecule has 0 fully saturated rings. The molecule has 2 rings (SSSR count). The zero-order valence-electron chi connectivity index (χ0n) is 8.20. The molecule has 0 amide bonds. The number of rotatable bonds is 1. The van der Waals surface area contributed by atoms with Crippen molar-refractivity contribution in [1.82, 2.24) is 0 Å². The smallest absolute Gasteiger partial charge is 0.0651 e. The maximum absolute atomic E-state index is 9.88. The lowest BCUT2D eigenvalue weighted by Gasteiger charge is -2.19. The van der Waals surface area contributed by atoms with Gasteiger partial charge in [-0.2, -0.15) is 0 Å². The van der Waals surface area contributed by atoms with Crippen molar-refractivity contribution in [2.75, 3.05) is 0 Å². The summed E-state index contributed by atoms with van der Waals surface area (Å²) in [5, 5.41) is 9.88. The summed E-state index contributed by atoms with van der Waals surface area (Å²) >= 11 is 0. The van der Waals surface area contributed by atoms with E-state index in [0.717, 1.165) is 6.42 Å². The first-order chi connectivity index (χ1) is 6.20. The maximum Gasteiger partial charge on any atom is 0.0651 e. The zero-order chi connectivity index (χ0) is 9.42. The molecule has 1 aliphatic carbocycles. The van der Waals surface area contributed by atoms with Crippen LogP contribution >= 0.6 is 0 Å². The van der Waals surface area contributed by atoms with E-state index < -0.39 is 0 Å². The van der Waals surface area contributed by atoms with Gasteiger partial charge in [0.15, 0.2) is 0 Å². The molecule has 0 aromatic heterocycles. The molecule has 0 saturated carbocycles. The van der Waals surface area contributed by atoms with Crippen LogP contribution in [0.3, 0.4) is 0 Å².